The summed E-state index contributed by atoms with van der Waals surface area (Å²) in [5.41, 5.74) is 1.97. The number of nitrogens with one attached hydrogen (secondary N) is 2. The Morgan fingerprint density at radius 1 is 1.42 bits per heavy atom. The highest BCUT2D eigenvalue weighted by atomic mass is 32.2. The van der Waals surface area contributed by atoms with Gasteiger partial charge in [-0.15, -0.1) is 0 Å². The SMILES string of the molecule is Cc1ccncc1CNS(=O)(=O)CCCNC1CC1. The molecule has 0 atom stereocenters. The summed E-state index contributed by atoms with van der Waals surface area (Å²) in [6.45, 7) is 3.04. The standard InChI is InChI=1S/C13H21N3O2S/c1-11-5-7-14-9-12(11)10-16-19(17,18)8-2-6-15-13-3-4-13/h5,7,9,13,15-16H,2-4,6,8,10H2,1H3. The van der Waals surface area contributed by atoms with E-state index in [9.17, 15) is 8.42 Å². The van der Waals surface area contributed by atoms with Crippen molar-refractivity contribution in [1.82, 2.24) is 15.0 Å². The van der Waals surface area contributed by atoms with Gasteiger partial charge in [0.15, 0.2) is 0 Å². The Morgan fingerprint density at radius 3 is 2.89 bits per heavy atom. The lowest BCUT2D eigenvalue weighted by Gasteiger charge is -2.08. The molecule has 1 saturated carbocycles. The molecule has 19 heavy (non-hydrogen) atoms. The number of pyridine rings is 1. The van der Waals surface area contributed by atoms with Gasteiger partial charge in [-0.05, 0) is 49.9 Å². The predicted octanol–water partition coefficient (Wildman–Crippen LogP) is 0.952. The molecule has 0 saturated heterocycles. The summed E-state index contributed by atoms with van der Waals surface area (Å²) in [6.07, 6.45) is 6.51. The molecule has 0 radical (unpaired) electrons. The maximum absolute atomic E-state index is 11.8. The Hall–Kier alpha value is -0.980. The highest BCUT2D eigenvalue weighted by molar-refractivity contribution is 7.89. The Labute approximate surface area is 114 Å². The van der Waals surface area contributed by atoms with Crippen LogP contribution in [-0.4, -0.2) is 31.7 Å². The summed E-state index contributed by atoms with van der Waals surface area (Å²) in [6, 6.07) is 2.51. The minimum Gasteiger partial charge on any atom is -0.314 e. The lowest BCUT2D eigenvalue weighted by Crippen LogP contribution is -2.28. The largest absolute Gasteiger partial charge is 0.314 e. The molecule has 1 aromatic heterocycles. The molecule has 0 aliphatic heterocycles. The van der Waals surface area contributed by atoms with E-state index in [2.05, 4.69) is 15.0 Å². The molecule has 1 aliphatic rings. The first kappa shape index (κ1) is 14.4. The van der Waals surface area contributed by atoms with Gasteiger partial charge >= 0.3 is 0 Å². The Bertz CT molecular complexity index is 512. The van der Waals surface area contributed by atoms with Gasteiger partial charge in [0.2, 0.25) is 10.0 Å². The van der Waals surface area contributed by atoms with Gasteiger partial charge < -0.3 is 5.32 Å². The monoisotopic (exact) mass is 283 g/mol. The number of nitrogens with zero attached hydrogens (tertiary/aromatic N) is 1. The van der Waals surface area contributed by atoms with Crippen molar-refractivity contribution in [3.63, 3.8) is 0 Å². The van der Waals surface area contributed by atoms with Gasteiger partial charge in [-0.2, -0.15) is 0 Å². The third-order valence-corrected chi connectivity index (χ3v) is 4.64. The highest BCUT2D eigenvalue weighted by Crippen LogP contribution is 2.18. The Balaban J connectivity index is 1.72. The van der Waals surface area contributed by atoms with Gasteiger partial charge in [-0.3, -0.25) is 4.98 Å². The van der Waals surface area contributed by atoms with Crippen LogP contribution in [0.2, 0.25) is 0 Å². The van der Waals surface area contributed by atoms with Crippen molar-refractivity contribution >= 4 is 10.0 Å². The van der Waals surface area contributed by atoms with Gasteiger partial charge in [0, 0.05) is 25.0 Å². The van der Waals surface area contributed by atoms with E-state index >= 15 is 0 Å². The second kappa shape index (κ2) is 6.45. The quantitative estimate of drug-likeness (QED) is 0.697. The fraction of sp³-hybridized carbons (Fsp3) is 0.615. The van der Waals surface area contributed by atoms with E-state index in [-0.39, 0.29) is 5.75 Å². The number of aryl methyl sites for hydroxylation is 1. The molecule has 2 N–H and O–H groups in total. The smallest absolute Gasteiger partial charge is 0.211 e. The normalized spacial score (nSPS) is 15.6. The van der Waals surface area contributed by atoms with Crippen molar-refractivity contribution in [2.24, 2.45) is 0 Å². The van der Waals surface area contributed by atoms with E-state index in [0.717, 1.165) is 17.7 Å². The van der Waals surface area contributed by atoms with Crippen LogP contribution in [0.25, 0.3) is 0 Å². The molecule has 2 rings (SSSR count). The molecule has 1 heterocycles. The van der Waals surface area contributed by atoms with Crippen LogP contribution < -0.4 is 10.0 Å². The first-order valence-electron chi connectivity index (χ1n) is 6.67. The van der Waals surface area contributed by atoms with Crippen molar-refractivity contribution in [2.45, 2.75) is 38.8 Å². The predicted molar refractivity (Wildman–Crippen MR) is 75.2 cm³/mol. The van der Waals surface area contributed by atoms with Gasteiger partial charge in [-0.1, -0.05) is 0 Å². The van der Waals surface area contributed by atoms with Gasteiger partial charge in [-0.25, -0.2) is 13.1 Å². The van der Waals surface area contributed by atoms with Crippen molar-refractivity contribution in [2.75, 3.05) is 12.3 Å². The third-order valence-electron chi connectivity index (χ3n) is 3.23. The molecule has 0 unspecified atom stereocenters. The Morgan fingerprint density at radius 2 is 2.21 bits per heavy atom. The average molecular weight is 283 g/mol. The van der Waals surface area contributed by atoms with Gasteiger partial charge in [0.1, 0.15) is 0 Å². The fourth-order valence-electron chi connectivity index (χ4n) is 1.80. The summed E-state index contributed by atoms with van der Waals surface area (Å²) in [7, 11) is -3.19. The van der Waals surface area contributed by atoms with Crippen molar-refractivity contribution < 1.29 is 8.42 Å². The van der Waals surface area contributed by atoms with Crippen LogP contribution in [0.15, 0.2) is 18.5 Å². The van der Waals surface area contributed by atoms with E-state index in [0.29, 0.717) is 19.0 Å². The van der Waals surface area contributed by atoms with Crippen molar-refractivity contribution in [1.29, 1.82) is 0 Å². The first-order chi connectivity index (χ1) is 9.07. The maximum Gasteiger partial charge on any atom is 0.211 e. The third kappa shape index (κ3) is 5.26. The molecular formula is C13H21N3O2S. The molecule has 0 spiro atoms. The second-order valence-electron chi connectivity index (χ2n) is 5.02. The zero-order valence-electron chi connectivity index (χ0n) is 11.2. The molecular weight excluding hydrogens is 262 g/mol. The topological polar surface area (TPSA) is 71.1 Å². The number of hydrogen-bond acceptors (Lipinski definition) is 4. The lowest BCUT2D eigenvalue weighted by atomic mass is 10.2. The summed E-state index contributed by atoms with van der Waals surface area (Å²) in [5, 5.41) is 3.31. The van der Waals surface area contributed by atoms with Crippen LogP contribution in [0, 0.1) is 6.92 Å². The van der Waals surface area contributed by atoms with Crippen LogP contribution in [0.4, 0.5) is 0 Å². The van der Waals surface area contributed by atoms with E-state index in [1.807, 2.05) is 13.0 Å². The molecule has 0 amide bonds. The molecule has 1 fully saturated rings. The minimum absolute atomic E-state index is 0.173. The summed E-state index contributed by atoms with van der Waals surface area (Å²) < 4.78 is 26.3. The fourth-order valence-corrected chi connectivity index (χ4v) is 2.84. The van der Waals surface area contributed by atoms with E-state index < -0.39 is 10.0 Å². The maximum atomic E-state index is 11.8. The average Bonchev–Trinajstić information content (AvgIpc) is 3.18. The van der Waals surface area contributed by atoms with E-state index in [4.69, 9.17) is 0 Å². The van der Waals surface area contributed by atoms with Crippen LogP contribution in [0.1, 0.15) is 30.4 Å². The molecule has 0 aromatic carbocycles. The highest BCUT2D eigenvalue weighted by Gasteiger charge is 2.20. The zero-order chi connectivity index (χ0) is 13.7. The van der Waals surface area contributed by atoms with Crippen molar-refractivity contribution in [3.8, 4) is 0 Å². The number of rotatable bonds is 8. The molecule has 1 aromatic rings. The molecule has 5 nitrogen and oxygen atoms in total. The molecule has 1 aliphatic carbocycles. The van der Waals surface area contributed by atoms with E-state index in [1.54, 1.807) is 12.4 Å². The van der Waals surface area contributed by atoms with E-state index in [1.165, 1.54) is 12.8 Å². The second-order valence-corrected chi connectivity index (χ2v) is 6.95. The lowest BCUT2D eigenvalue weighted by molar-refractivity contribution is 0.574. The van der Waals surface area contributed by atoms with Crippen molar-refractivity contribution in [3.05, 3.63) is 29.6 Å². The number of sulfonamides is 1. The minimum atomic E-state index is -3.19. The first-order valence-corrected chi connectivity index (χ1v) is 8.32. The van der Waals surface area contributed by atoms with Crippen LogP contribution >= 0.6 is 0 Å². The van der Waals surface area contributed by atoms with Gasteiger partial charge in [0.05, 0.1) is 5.75 Å². The number of hydrogen-bond donors (Lipinski definition) is 2. The molecule has 106 valence electrons. The van der Waals surface area contributed by atoms with Crippen LogP contribution in [-0.2, 0) is 16.6 Å². The summed E-state index contributed by atoms with van der Waals surface area (Å²) in [4.78, 5) is 4.00. The number of aromatic nitrogens is 1. The summed E-state index contributed by atoms with van der Waals surface area (Å²) in [5.74, 6) is 0.173. The van der Waals surface area contributed by atoms with Gasteiger partial charge in [0.25, 0.3) is 0 Å². The van der Waals surface area contributed by atoms with Crippen LogP contribution in [0.3, 0.4) is 0 Å². The zero-order valence-corrected chi connectivity index (χ0v) is 12.0. The molecule has 6 heteroatoms. The Kier molecular flexibility index (Phi) is 4.90. The van der Waals surface area contributed by atoms with Crippen LogP contribution in [0.5, 0.6) is 0 Å². The molecule has 0 bridgehead atoms. The summed E-state index contributed by atoms with van der Waals surface area (Å²) >= 11 is 0.